The van der Waals surface area contributed by atoms with Crippen LogP contribution in [0.5, 0.6) is 0 Å². The van der Waals surface area contributed by atoms with Crippen molar-refractivity contribution in [3.8, 4) is 11.3 Å². The summed E-state index contributed by atoms with van der Waals surface area (Å²) in [6.07, 6.45) is 1.65. The summed E-state index contributed by atoms with van der Waals surface area (Å²) >= 11 is 3.41. The average molecular weight is 490 g/mol. The number of fused-ring (bicyclic) bond motifs is 1. The first-order chi connectivity index (χ1) is 15.3. The van der Waals surface area contributed by atoms with E-state index in [-0.39, 0.29) is 17.7 Å². The Bertz CT molecular complexity index is 1390. The van der Waals surface area contributed by atoms with Gasteiger partial charge in [-0.25, -0.2) is 0 Å². The van der Waals surface area contributed by atoms with Gasteiger partial charge in [-0.15, -0.1) is 0 Å². The van der Waals surface area contributed by atoms with Gasteiger partial charge in [0.15, 0.2) is 0 Å². The fraction of sp³-hybridized carbons (Fsp3) is 0.0833. The Morgan fingerprint density at radius 3 is 2.50 bits per heavy atom. The first kappa shape index (κ1) is 20.1. The molecule has 0 atom stereocenters. The summed E-state index contributed by atoms with van der Waals surface area (Å²) < 4.78 is 6.77. The second-order valence-electron chi connectivity index (χ2n) is 7.47. The van der Waals surface area contributed by atoms with Crippen molar-refractivity contribution in [2.24, 2.45) is 5.10 Å². The Labute approximate surface area is 191 Å². The van der Waals surface area contributed by atoms with E-state index in [9.17, 15) is 14.4 Å². The number of amides is 3. The minimum atomic E-state index is -0.336. The van der Waals surface area contributed by atoms with Gasteiger partial charge in [0.1, 0.15) is 11.5 Å². The topological polar surface area (TPSA) is 83.2 Å². The number of carbonyl (C=O) groups excluding carboxylic acids is 3. The van der Waals surface area contributed by atoms with E-state index in [1.54, 1.807) is 43.3 Å². The molecule has 0 spiro atoms. The van der Waals surface area contributed by atoms with Crippen molar-refractivity contribution in [3.63, 3.8) is 0 Å². The van der Waals surface area contributed by atoms with Crippen LogP contribution < -0.4 is 5.01 Å². The van der Waals surface area contributed by atoms with Crippen LogP contribution >= 0.6 is 15.9 Å². The predicted octanol–water partition coefficient (Wildman–Crippen LogP) is 4.74. The average Bonchev–Trinajstić information content (AvgIpc) is 3.43. The van der Waals surface area contributed by atoms with E-state index in [1.807, 2.05) is 24.3 Å². The van der Waals surface area contributed by atoms with Crippen molar-refractivity contribution in [1.82, 2.24) is 4.90 Å². The molecule has 2 aliphatic rings. The van der Waals surface area contributed by atoms with Crippen molar-refractivity contribution in [2.45, 2.75) is 6.92 Å². The third-order valence-electron chi connectivity index (χ3n) is 5.40. The number of rotatable bonds is 3. The molecule has 8 heteroatoms. The number of hydrogen-bond donors (Lipinski definition) is 0. The minimum Gasteiger partial charge on any atom is -0.457 e. The lowest BCUT2D eigenvalue weighted by atomic mass is 10.0. The molecule has 3 aromatic rings. The van der Waals surface area contributed by atoms with E-state index >= 15 is 0 Å². The fourth-order valence-electron chi connectivity index (χ4n) is 3.71. The highest BCUT2D eigenvalue weighted by Crippen LogP contribution is 2.31. The predicted molar refractivity (Wildman–Crippen MR) is 123 cm³/mol. The van der Waals surface area contributed by atoms with Crippen LogP contribution in [0.1, 0.15) is 33.4 Å². The Morgan fingerprint density at radius 1 is 0.938 bits per heavy atom. The third kappa shape index (κ3) is 3.20. The van der Waals surface area contributed by atoms with E-state index < -0.39 is 0 Å². The number of anilines is 1. The van der Waals surface area contributed by atoms with Crippen LogP contribution in [0.4, 0.5) is 5.69 Å². The number of benzene rings is 2. The zero-order valence-electron chi connectivity index (χ0n) is 17.1. The standard InChI is InChI=1S/C24H16BrN3O4/c1-13-19(24(31)28(26-13)16-5-3-4-15(25)11-16)12-17-7-9-21(32-17)14-6-8-18-20(10-14)23(30)27(2)22(18)29/h3-12H,1-2H3/b19-12-. The Balaban J connectivity index is 1.44. The Kier molecular flexibility index (Phi) is 4.67. The molecule has 158 valence electrons. The molecule has 0 N–H and O–H groups in total. The fourth-order valence-corrected chi connectivity index (χ4v) is 4.10. The first-order valence-corrected chi connectivity index (χ1v) is 10.6. The molecule has 0 aliphatic carbocycles. The minimum absolute atomic E-state index is 0.247. The molecule has 1 aromatic heterocycles. The van der Waals surface area contributed by atoms with Gasteiger partial charge < -0.3 is 4.42 Å². The van der Waals surface area contributed by atoms with E-state index in [2.05, 4.69) is 21.0 Å². The maximum Gasteiger partial charge on any atom is 0.280 e. The lowest BCUT2D eigenvalue weighted by molar-refractivity contribution is -0.114. The summed E-state index contributed by atoms with van der Waals surface area (Å²) in [5.74, 6) is 0.110. The van der Waals surface area contributed by atoms with Gasteiger partial charge >= 0.3 is 0 Å². The van der Waals surface area contributed by atoms with Gasteiger partial charge in [0.25, 0.3) is 17.7 Å². The molecule has 0 radical (unpaired) electrons. The molecule has 0 fully saturated rings. The van der Waals surface area contributed by atoms with Crippen LogP contribution in [0.3, 0.4) is 0 Å². The maximum atomic E-state index is 12.9. The van der Waals surface area contributed by atoms with E-state index in [0.717, 1.165) is 9.37 Å². The monoisotopic (exact) mass is 489 g/mol. The van der Waals surface area contributed by atoms with E-state index in [0.29, 0.717) is 45.2 Å². The first-order valence-electron chi connectivity index (χ1n) is 9.77. The lowest BCUT2D eigenvalue weighted by Gasteiger charge is -2.11. The van der Waals surface area contributed by atoms with Gasteiger partial charge in [-0.1, -0.05) is 28.1 Å². The highest BCUT2D eigenvalue weighted by Gasteiger charge is 2.33. The van der Waals surface area contributed by atoms with Gasteiger partial charge in [-0.2, -0.15) is 10.1 Å². The van der Waals surface area contributed by atoms with E-state index in [1.165, 1.54) is 12.1 Å². The Hall–Kier alpha value is -3.78. The summed E-state index contributed by atoms with van der Waals surface area (Å²) in [5.41, 5.74) is 3.08. The SMILES string of the molecule is CC1=NN(c2cccc(Br)c2)C(=O)/C1=C\c1ccc(-c2ccc3c(c2)C(=O)N(C)C3=O)o1. The number of hydrazone groups is 1. The smallest absolute Gasteiger partial charge is 0.280 e. The molecule has 2 aromatic carbocycles. The van der Waals surface area contributed by atoms with Crippen LogP contribution in [0, 0.1) is 0 Å². The number of nitrogens with zero attached hydrogens (tertiary/aromatic N) is 3. The molecule has 0 bridgehead atoms. The second kappa shape index (κ2) is 7.42. The van der Waals surface area contributed by atoms with Crippen LogP contribution in [0.15, 0.2) is 74.2 Å². The molecule has 0 unspecified atom stereocenters. The van der Waals surface area contributed by atoms with Gasteiger partial charge in [0.05, 0.1) is 28.1 Å². The zero-order chi connectivity index (χ0) is 22.6. The highest BCUT2D eigenvalue weighted by molar-refractivity contribution is 9.10. The number of hydrogen-bond acceptors (Lipinski definition) is 5. The van der Waals surface area contributed by atoms with Crippen molar-refractivity contribution in [2.75, 3.05) is 12.1 Å². The number of halogens is 1. The van der Waals surface area contributed by atoms with Gasteiger partial charge in [-0.3, -0.25) is 19.3 Å². The van der Waals surface area contributed by atoms with Gasteiger partial charge in [0.2, 0.25) is 0 Å². The molecule has 3 amide bonds. The van der Waals surface area contributed by atoms with Gasteiger partial charge in [-0.05, 0) is 55.5 Å². The Morgan fingerprint density at radius 2 is 1.72 bits per heavy atom. The summed E-state index contributed by atoms with van der Waals surface area (Å²) in [6.45, 7) is 1.77. The number of carbonyl (C=O) groups is 3. The van der Waals surface area contributed by atoms with Crippen molar-refractivity contribution in [1.29, 1.82) is 0 Å². The van der Waals surface area contributed by atoms with Gasteiger partial charge in [0, 0.05) is 17.1 Å². The van der Waals surface area contributed by atoms with Crippen LogP contribution in [-0.2, 0) is 4.79 Å². The van der Waals surface area contributed by atoms with Crippen molar-refractivity contribution >= 4 is 51.1 Å². The molecule has 2 aliphatic heterocycles. The molecular formula is C24H16BrN3O4. The summed E-state index contributed by atoms with van der Waals surface area (Å²) in [7, 11) is 1.46. The lowest BCUT2D eigenvalue weighted by Crippen LogP contribution is -2.24. The number of imide groups is 1. The highest BCUT2D eigenvalue weighted by atomic mass is 79.9. The summed E-state index contributed by atoms with van der Waals surface area (Å²) in [6, 6.07) is 15.9. The second-order valence-corrected chi connectivity index (χ2v) is 8.39. The molecular weight excluding hydrogens is 474 g/mol. The van der Waals surface area contributed by atoms with Crippen molar-refractivity contribution in [3.05, 3.63) is 81.5 Å². The van der Waals surface area contributed by atoms with Crippen LogP contribution in [-0.4, -0.2) is 35.4 Å². The largest absolute Gasteiger partial charge is 0.457 e. The molecule has 5 rings (SSSR count). The molecule has 32 heavy (non-hydrogen) atoms. The third-order valence-corrected chi connectivity index (χ3v) is 5.90. The molecule has 0 saturated heterocycles. The summed E-state index contributed by atoms with van der Waals surface area (Å²) in [5, 5.41) is 5.74. The zero-order valence-corrected chi connectivity index (χ0v) is 18.7. The van der Waals surface area contributed by atoms with Crippen molar-refractivity contribution < 1.29 is 18.8 Å². The summed E-state index contributed by atoms with van der Waals surface area (Å²) in [4.78, 5) is 38.4. The quantitative estimate of drug-likeness (QED) is 0.392. The molecule has 7 nitrogen and oxygen atoms in total. The van der Waals surface area contributed by atoms with E-state index in [4.69, 9.17) is 4.42 Å². The van der Waals surface area contributed by atoms with Crippen LogP contribution in [0.25, 0.3) is 17.4 Å². The normalized spacial score (nSPS) is 16.9. The van der Waals surface area contributed by atoms with Crippen LogP contribution in [0.2, 0.25) is 0 Å². The molecule has 0 saturated carbocycles. The maximum absolute atomic E-state index is 12.9. The number of furan rings is 1. The molecule has 3 heterocycles.